The normalized spacial score (nSPS) is 53.3. The molecule has 19 heavy (non-hydrogen) atoms. The predicted octanol–water partition coefficient (Wildman–Crippen LogP) is 4.00. The second-order valence-electron chi connectivity index (χ2n) is 8.80. The molecule has 1 heteroatoms. The van der Waals surface area contributed by atoms with Crippen LogP contribution in [0.2, 0.25) is 0 Å². The first-order valence-corrected chi connectivity index (χ1v) is 8.41. The molecule has 0 amide bonds. The first kappa shape index (κ1) is 12.4. The van der Waals surface area contributed by atoms with Gasteiger partial charge in [0, 0.05) is 6.04 Å². The molecule has 0 aliphatic heterocycles. The van der Waals surface area contributed by atoms with Crippen LogP contribution in [0.25, 0.3) is 0 Å². The molecular formula is C18H29N. The second kappa shape index (κ2) is 3.87. The largest absolute Gasteiger partial charge is 0.313 e. The van der Waals surface area contributed by atoms with Gasteiger partial charge in [-0.2, -0.15) is 0 Å². The zero-order valence-corrected chi connectivity index (χ0v) is 12.8. The third-order valence-electron chi connectivity index (χ3n) is 7.27. The average molecular weight is 259 g/mol. The summed E-state index contributed by atoms with van der Waals surface area (Å²) in [6.07, 6.45) is 12.2. The first-order valence-electron chi connectivity index (χ1n) is 8.41. The van der Waals surface area contributed by atoms with Crippen molar-refractivity contribution in [2.24, 2.45) is 34.5 Å². The molecule has 0 radical (unpaired) electrons. The van der Waals surface area contributed by atoms with Crippen LogP contribution >= 0.6 is 0 Å². The Labute approximate surface area is 118 Å². The minimum absolute atomic E-state index is 0.514. The summed E-state index contributed by atoms with van der Waals surface area (Å²) < 4.78 is 0. The molecule has 0 aromatic carbocycles. The van der Waals surface area contributed by atoms with Gasteiger partial charge >= 0.3 is 0 Å². The molecule has 4 bridgehead atoms. The summed E-state index contributed by atoms with van der Waals surface area (Å²) >= 11 is 0. The Balaban J connectivity index is 1.44. The van der Waals surface area contributed by atoms with E-state index in [2.05, 4.69) is 38.2 Å². The summed E-state index contributed by atoms with van der Waals surface area (Å²) in [6, 6.07) is 0.752. The van der Waals surface area contributed by atoms with E-state index in [1.807, 2.05) is 0 Å². The highest BCUT2D eigenvalue weighted by Crippen LogP contribution is 2.62. The van der Waals surface area contributed by atoms with Crippen molar-refractivity contribution >= 4 is 0 Å². The Morgan fingerprint density at radius 3 is 2.58 bits per heavy atom. The van der Waals surface area contributed by atoms with Gasteiger partial charge in [0.15, 0.2) is 0 Å². The fourth-order valence-corrected chi connectivity index (χ4v) is 6.21. The van der Waals surface area contributed by atoms with Gasteiger partial charge in [-0.15, -0.1) is 0 Å². The van der Waals surface area contributed by atoms with Crippen LogP contribution in [0, 0.1) is 34.5 Å². The molecule has 0 aromatic heterocycles. The molecule has 4 rings (SSSR count). The van der Waals surface area contributed by atoms with Crippen LogP contribution in [0.15, 0.2) is 12.2 Å². The topological polar surface area (TPSA) is 12.0 Å². The summed E-state index contributed by atoms with van der Waals surface area (Å²) in [5.74, 6) is 3.70. The molecule has 106 valence electrons. The third-order valence-corrected chi connectivity index (χ3v) is 7.27. The smallest absolute Gasteiger partial charge is 0.0175 e. The first-order chi connectivity index (χ1) is 8.99. The summed E-state index contributed by atoms with van der Waals surface area (Å²) in [5, 5.41) is 4.04. The number of fused-ring (bicyclic) bond motifs is 4. The van der Waals surface area contributed by atoms with E-state index in [1.165, 1.54) is 38.6 Å². The van der Waals surface area contributed by atoms with Gasteiger partial charge in [0.1, 0.15) is 0 Å². The molecule has 1 nitrogen and oxygen atoms in total. The number of hydrogen-bond donors (Lipinski definition) is 1. The van der Waals surface area contributed by atoms with Crippen LogP contribution in [-0.4, -0.2) is 12.6 Å². The van der Waals surface area contributed by atoms with Crippen molar-refractivity contribution in [2.45, 2.75) is 58.9 Å². The standard InChI is InChI=1S/C18H29N/c1-17(2)15-6-7-18(3,10-15)16(17)19-11-14-9-12-4-5-13(14)8-12/h4-5,12-16,19H,6-11H2,1-3H3. The van der Waals surface area contributed by atoms with Gasteiger partial charge in [-0.1, -0.05) is 32.9 Å². The number of hydrogen-bond acceptors (Lipinski definition) is 1. The van der Waals surface area contributed by atoms with E-state index in [0.717, 1.165) is 29.7 Å². The van der Waals surface area contributed by atoms with E-state index in [0.29, 0.717) is 10.8 Å². The van der Waals surface area contributed by atoms with E-state index in [4.69, 9.17) is 0 Å². The Morgan fingerprint density at radius 2 is 2.00 bits per heavy atom. The van der Waals surface area contributed by atoms with Gasteiger partial charge in [0.05, 0.1) is 0 Å². The molecule has 3 fully saturated rings. The molecular weight excluding hydrogens is 230 g/mol. The summed E-state index contributed by atoms with van der Waals surface area (Å²) in [7, 11) is 0. The summed E-state index contributed by atoms with van der Waals surface area (Å²) in [5.41, 5.74) is 1.10. The monoisotopic (exact) mass is 259 g/mol. The fraction of sp³-hybridized carbons (Fsp3) is 0.889. The summed E-state index contributed by atoms with van der Waals surface area (Å²) in [6.45, 7) is 8.84. The molecule has 3 saturated carbocycles. The van der Waals surface area contributed by atoms with Gasteiger partial charge in [-0.05, 0) is 73.2 Å². The van der Waals surface area contributed by atoms with Crippen LogP contribution in [0.5, 0.6) is 0 Å². The van der Waals surface area contributed by atoms with Crippen LogP contribution in [0.3, 0.4) is 0 Å². The highest BCUT2D eigenvalue weighted by atomic mass is 15.0. The maximum Gasteiger partial charge on any atom is 0.0175 e. The lowest BCUT2D eigenvalue weighted by Crippen LogP contribution is -2.51. The quantitative estimate of drug-likeness (QED) is 0.755. The predicted molar refractivity (Wildman–Crippen MR) is 79.9 cm³/mol. The Kier molecular flexibility index (Phi) is 2.54. The molecule has 0 heterocycles. The molecule has 0 saturated heterocycles. The maximum absolute atomic E-state index is 4.04. The van der Waals surface area contributed by atoms with Crippen molar-refractivity contribution in [1.82, 2.24) is 5.32 Å². The van der Waals surface area contributed by atoms with Crippen molar-refractivity contribution in [2.75, 3.05) is 6.54 Å². The van der Waals surface area contributed by atoms with Gasteiger partial charge in [-0.25, -0.2) is 0 Å². The zero-order chi connectivity index (χ0) is 13.3. The molecule has 1 N–H and O–H groups in total. The lowest BCUT2D eigenvalue weighted by Gasteiger charge is -2.44. The Bertz CT molecular complexity index is 405. The van der Waals surface area contributed by atoms with E-state index >= 15 is 0 Å². The highest BCUT2D eigenvalue weighted by Gasteiger charge is 2.59. The van der Waals surface area contributed by atoms with E-state index in [9.17, 15) is 0 Å². The third kappa shape index (κ3) is 1.70. The lowest BCUT2D eigenvalue weighted by molar-refractivity contribution is 0.104. The zero-order valence-electron chi connectivity index (χ0n) is 12.8. The summed E-state index contributed by atoms with van der Waals surface area (Å²) in [4.78, 5) is 0. The Hall–Kier alpha value is -0.300. The van der Waals surface area contributed by atoms with Crippen LogP contribution < -0.4 is 5.32 Å². The molecule has 6 unspecified atom stereocenters. The van der Waals surface area contributed by atoms with Gasteiger partial charge in [0.2, 0.25) is 0 Å². The minimum Gasteiger partial charge on any atom is -0.313 e. The molecule has 4 aliphatic rings. The molecule has 0 spiro atoms. The minimum atomic E-state index is 0.514. The maximum atomic E-state index is 4.04. The van der Waals surface area contributed by atoms with E-state index in [-0.39, 0.29) is 0 Å². The van der Waals surface area contributed by atoms with Crippen LogP contribution in [0.1, 0.15) is 52.9 Å². The van der Waals surface area contributed by atoms with Crippen LogP contribution in [-0.2, 0) is 0 Å². The van der Waals surface area contributed by atoms with Gasteiger partial charge < -0.3 is 5.32 Å². The van der Waals surface area contributed by atoms with Crippen molar-refractivity contribution in [3.8, 4) is 0 Å². The van der Waals surface area contributed by atoms with Gasteiger partial charge in [-0.3, -0.25) is 0 Å². The average Bonchev–Trinajstić information content (AvgIpc) is 3.05. The Morgan fingerprint density at radius 1 is 1.16 bits per heavy atom. The number of rotatable bonds is 3. The lowest BCUT2D eigenvalue weighted by atomic mass is 9.68. The van der Waals surface area contributed by atoms with E-state index in [1.54, 1.807) is 0 Å². The van der Waals surface area contributed by atoms with Crippen molar-refractivity contribution in [1.29, 1.82) is 0 Å². The highest BCUT2D eigenvalue weighted by molar-refractivity contribution is 5.14. The van der Waals surface area contributed by atoms with Crippen molar-refractivity contribution in [3.63, 3.8) is 0 Å². The fourth-order valence-electron chi connectivity index (χ4n) is 6.21. The van der Waals surface area contributed by atoms with Crippen molar-refractivity contribution in [3.05, 3.63) is 12.2 Å². The SMILES string of the molecule is CC12CCC(C1)C(C)(C)C2NCC1CC2C=CC1C2. The molecule has 6 atom stereocenters. The van der Waals surface area contributed by atoms with Gasteiger partial charge in [0.25, 0.3) is 0 Å². The molecule has 4 aliphatic carbocycles. The second-order valence-corrected chi connectivity index (χ2v) is 8.80. The van der Waals surface area contributed by atoms with Crippen LogP contribution in [0.4, 0.5) is 0 Å². The van der Waals surface area contributed by atoms with Crippen molar-refractivity contribution < 1.29 is 0 Å². The number of allylic oxidation sites excluding steroid dienone is 2. The number of nitrogens with one attached hydrogen (secondary N) is 1. The van der Waals surface area contributed by atoms with E-state index < -0.39 is 0 Å². The molecule has 0 aromatic rings.